The van der Waals surface area contributed by atoms with Gasteiger partial charge in [0.05, 0.1) is 12.8 Å². The highest BCUT2D eigenvalue weighted by Crippen LogP contribution is 2.06. The molecule has 2 aromatic rings. The van der Waals surface area contributed by atoms with Crippen LogP contribution < -0.4 is 4.72 Å². The minimum absolute atomic E-state index is 0.285. The summed E-state index contributed by atoms with van der Waals surface area (Å²) >= 11 is 0. The smallest absolute Gasteiger partial charge is 0.264 e. The van der Waals surface area contributed by atoms with Crippen LogP contribution in [-0.2, 0) is 16.6 Å². The lowest BCUT2D eigenvalue weighted by atomic mass is 10.1. The summed E-state index contributed by atoms with van der Waals surface area (Å²) in [7, 11) is -3.54. The number of aromatic nitrogens is 3. The van der Waals surface area contributed by atoms with Crippen molar-refractivity contribution in [1.82, 2.24) is 19.5 Å². The van der Waals surface area contributed by atoms with Crippen molar-refractivity contribution in [3.8, 4) is 0 Å². The Kier molecular flexibility index (Phi) is 3.61. The van der Waals surface area contributed by atoms with Gasteiger partial charge in [0.1, 0.15) is 12.7 Å². The molecule has 1 aromatic carbocycles. The molecular formula is C11H12N4O3S. The second-order valence-electron chi connectivity index (χ2n) is 3.99. The molecule has 0 aliphatic rings. The van der Waals surface area contributed by atoms with Crippen LogP contribution in [0.15, 0.2) is 36.9 Å². The van der Waals surface area contributed by atoms with Crippen molar-refractivity contribution >= 4 is 15.9 Å². The molecule has 0 saturated carbocycles. The molecule has 100 valence electrons. The number of nitrogens with one attached hydrogen (secondary N) is 1. The summed E-state index contributed by atoms with van der Waals surface area (Å²) in [6.07, 6.45) is 3.96. The highest BCUT2D eigenvalue weighted by atomic mass is 32.2. The molecule has 0 bridgehead atoms. The van der Waals surface area contributed by atoms with Gasteiger partial charge in [-0.25, -0.2) is 22.8 Å². The van der Waals surface area contributed by atoms with E-state index < -0.39 is 15.9 Å². The van der Waals surface area contributed by atoms with E-state index in [4.69, 9.17) is 0 Å². The van der Waals surface area contributed by atoms with E-state index >= 15 is 0 Å². The van der Waals surface area contributed by atoms with Crippen LogP contribution in [0.2, 0.25) is 0 Å². The molecular weight excluding hydrogens is 268 g/mol. The topological polar surface area (TPSA) is 94.0 Å². The van der Waals surface area contributed by atoms with Crippen LogP contribution in [0, 0.1) is 0 Å². The van der Waals surface area contributed by atoms with Crippen LogP contribution in [0.3, 0.4) is 0 Å². The van der Waals surface area contributed by atoms with Crippen LogP contribution in [0.4, 0.5) is 0 Å². The molecule has 2 rings (SSSR count). The number of carbonyl (C=O) groups excluding carboxylic acids is 1. The number of carbonyl (C=O) groups is 1. The molecule has 7 nitrogen and oxygen atoms in total. The number of benzene rings is 1. The number of amides is 1. The summed E-state index contributed by atoms with van der Waals surface area (Å²) < 4.78 is 25.4. The van der Waals surface area contributed by atoms with E-state index in [9.17, 15) is 13.2 Å². The summed E-state index contributed by atoms with van der Waals surface area (Å²) in [4.78, 5) is 15.4. The van der Waals surface area contributed by atoms with Crippen LogP contribution >= 0.6 is 0 Å². The second-order valence-corrected chi connectivity index (χ2v) is 5.74. The monoisotopic (exact) mass is 280 g/mol. The Morgan fingerprint density at radius 2 is 2.00 bits per heavy atom. The minimum Gasteiger partial charge on any atom is -0.268 e. The zero-order valence-electron chi connectivity index (χ0n) is 10.1. The van der Waals surface area contributed by atoms with Gasteiger partial charge in [-0.2, -0.15) is 5.10 Å². The normalized spacial score (nSPS) is 11.2. The van der Waals surface area contributed by atoms with Crippen LogP contribution in [-0.4, -0.2) is 35.3 Å². The quantitative estimate of drug-likeness (QED) is 0.851. The fourth-order valence-corrected chi connectivity index (χ4v) is 1.94. The Bertz CT molecular complexity index is 662. The Balaban J connectivity index is 2.08. The SMILES string of the molecule is CS(=O)(=O)NC(=O)c1ccc(Cn2cncn2)cc1. The zero-order chi connectivity index (χ0) is 13.9. The van der Waals surface area contributed by atoms with Crippen LogP contribution in [0.25, 0.3) is 0 Å². The summed E-state index contributed by atoms with van der Waals surface area (Å²) in [5, 5.41) is 3.96. The molecule has 0 aliphatic carbocycles. The summed E-state index contributed by atoms with van der Waals surface area (Å²) in [5.74, 6) is -0.644. The van der Waals surface area contributed by atoms with Crippen LogP contribution in [0.5, 0.6) is 0 Å². The molecule has 0 unspecified atom stereocenters. The van der Waals surface area contributed by atoms with E-state index in [2.05, 4.69) is 10.1 Å². The first-order valence-corrected chi connectivity index (χ1v) is 7.27. The summed E-state index contributed by atoms with van der Waals surface area (Å²) in [5.41, 5.74) is 1.22. The maximum Gasteiger partial charge on any atom is 0.264 e. The van der Waals surface area contributed by atoms with Gasteiger partial charge in [0, 0.05) is 5.56 Å². The molecule has 0 spiro atoms. The minimum atomic E-state index is -3.54. The van der Waals surface area contributed by atoms with E-state index in [0.717, 1.165) is 11.8 Å². The molecule has 0 radical (unpaired) electrons. The number of hydrogen-bond acceptors (Lipinski definition) is 5. The molecule has 19 heavy (non-hydrogen) atoms. The average molecular weight is 280 g/mol. The fraction of sp³-hybridized carbons (Fsp3) is 0.182. The molecule has 0 atom stereocenters. The van der Waals surface area contributed by atoms with E-state index in [1.165, 1.54) is 6.33 Å². The molecule has 0 fully saturated rings. The van der Waals surface area contributed by atoms with Gasteiger partial charge in [-0.15, -0.1) is 0 Å². The van der Waals surface area contributed by atoms with Gasteiger partial charge in [-0.3, -0.25) is 4.79 Å². The Morgan fingerprint density at radius 3 is 2.53 bits per heavy atom. The van der Waals surface area contributed by atoms with E-state index in [-0.39, 0.29) is 5.56 Å². The van der Waals surface area contributed by atoms with Gasteiger partial charge in [0.25, 0.3) is 5.91 Å². The standard InChI is InChI=1S/C11H12N4O3S/c1-19(17,18)14-11(16)10-4-2-9(3-5-10)6-15-8-12-7-13-15/h2-5,7-8H,6H2,1H3,(H,14,16). The molecule has 1 heterocycles. The predicted molar refractivity (Wildman–Crippen MR) is 67.9 cm³/mol. The lowest BCUT2D eigenvalue weighted by molar-refractivity contribution is 0.0981. The van der Waals surface area contributed by atoms with Gasteiger partial charge in [0.2, 0.25) is 10.0 Å². The lowest BCUT2D eigenvalue weighted by Crippen LogP contribution is -2.29. The van der Waals surface area contributed by atoms with Crippen molar-refractivity contribution in [1.29, 1.82) is 0 Å². The van der Waals surface area contributed by atoms with E-state index in [1.807, 2.05) is 4.72 Å². The van der Waals surface area contributed by atoms with Crippen molar-refractivity contribution < 1.29 is 13.2 Å². The molecule has 0 aliphatic heterocycles. The Morgan fingerprint density at radius 1 is 1.32 bits per heavy atom. The van der Waals surface area contributed by atoms with E-state index in [0.29, 0.717) is 6.54 Å². The zero-order valence-corrected chi connectivity index (χ0v) is 11.0. The number of sulfonamides is 1. The van der Waals surface area contributed by atoms with Crippen molar-refractivity contribution in [2.24, 2.45) is 0 Å². The third kappa shape index (κ3) is 3.88. The van der Waals surface area contributed by atoms with Crippen LogP contribution in [0.1, 0.15) is 15.9 Å². The number of hydrogen-bond donors (Lipinski definition) is 1. The first-order valence-electron chi connectivity index (χ1n) is 5.37. The van der Waals surface area contributed by atoms with Gasteiger partial charge in [0.15, 0.2) is 0 Å². The molecule has 0 saturated heterocycles. The van der Waals surface area contributed by atoms with Gasteiger partial charge in [-0.05, 0) is 17.7 Å². The summed E-state index contributed by atoms with van der Waals surface area (Å²) in [6, 6.07) is 6.59. The fourth-order valence-electron chi connectivity index (χ4n) is 1.49. The van der Waals surface area contributed by atoms with Gasteiger partial charge in [-0.1, -0.05) is 12.1 Å². The first-order chi connectivity index (χ1) is 8.94. The number of rotatable bonds is 4. The highest BCUT2D eigenvalue weighted by molar-refractivity contribution is 7.89. The lowest BCUT2D eigenvalue weighted by Gasteiger charge is -2.04. The van der Waals surface area contributed by atoms with Crippen molar-refractivity contribution in [3.63, 3.8) is 0 Å². The second kappa shape index (κ2) is 5.19. The van der Waals surface area contributed by atoms with Crippen molar-refractivity contribution in [2.45, 2.75) is 6.54 Å². The number of nitrogens with zero attached hydrogens (tertiary/aromatic N) is 3. The average Bonchev–Trinajstić information content (AvgIpc) is 2.80. The largest absolute Gasteiger partial charge is 0.268 e. The summed E-state index contributed by atoms with van der Waals surface area (Å²) in [6.45, 7) is 0.536. The molecule has 1 N–H and O–H groups in total. The maximum absolute atomic E-state index is 11.6. The first kappa shape index (κ1) is 13.2. The van der Waals surface area contributed by atoms with Crippen molar-refractivity contribution in [3.05, 3.63) is 48.0 Å². The Hall–Kier alpha value is -2.22. The highest BCUT2D eigenvalue weighted by Gasteiger charge is 2.10. The molecule has 1 aromatic heterocycles. The van der Waals surface area contributed by atoms with Gasteiger partial charge < -0.3 is 0 Å². The van der Waals surface area contributed by atoms with E-state index in [1.54, 1.807) is 35.3 Å². The third-order valence-corrected chi connectivity index (χ3v) is 2.86. The maximum atomic E-state index is 11.6. The van der Waals surface area contributed by atoms with Crippen molar-refractivity contribution in [2.75, 3.05) is 6.26 Å². The Labute approximate surface area is 110 Å². The molecule has 1 amide bonds. The third-order valence-electron chi connectivity index (χ3n) is 2.31. The predicted octanol–water partition coefficient (Wildman–Crippen LogP) is 0.0158. The van der Waals surface area contributed by atoms with Gasteiger partial charge >= 0.3 is 0 Å². The molecule has 8 heteroatoms.